The predicted octanol–water partition coefficient (Wildman–Crippen LogP) is 2.91. The maximum Gasteiger partial charge on any atom is 0.273 e. The second kappa shape index (κ2) is 7.98. The average Bonchev–Trinajstić information content (AvgIpc) is 3.16. The van der Waals surface area contributed by atoms with Gasteiger partial charge >= 0.3 is 0 Å². The third-order valence-electron chi connectivity index (χ3n) is 5.59. The molecule has 0 bridgehead atoms. The number of fused-ring (bicyclic) bond motifs is 1. The highest BCUT2D eigenvalue weighted by molar-refractivity contribution is 5.95. The second-order valence-electron chi connectivity index (χ2n) is 7.47. The Morgan fingerprint density at radius 1 is 1.07 bits per heavy atom. The SMILES string of the molecule is Cc1ccc(C(=O)N2CCN(C(=O)Cc3c[nH]c4ccccc34)CC2)cc1[N+](=O)[O-]. The van der Waals surface area contributed by atoms with E-state index < -0.39 is 4.92 Å². The Morgan fingerprint density at radius 3 is 2.50 bits per heavy atom. The molecule has 0 unspecified atom stereocenters. The number of carbonyl (C=O) groups is 2. The normalized spacial score (nSPS) is 14.2. The molecule has 8 nitrogen and oxygen atoms in total. The van der Waals surface area contributed by atoms with E-state index in [0.29, 0.717) is 43.7 Å². The molecule has 2 amide bonds. The van der Waals surface area contributed by atoms with Crippen molar-refractivity contribution < 1.29 is 14.5 Å². The number of hydrogen-bond acceptors (Lipinski definition) is 4. The van der Waals surface area contributed by atoms with Crippen LogP contribution in [0.15, 0.2) is 48.7 Å². The van der Waals surface area contributed by atoms with Crippen LogP contribution >= 0.6 is 0 Å². The van der Waals surface area contributed by atoms with Gasteiger partial charge in [-0.2, -0.15) is 0 Å². The summed E-state index contributed by atoms with van der Waals surface area (Å²) in [6.07, 6.45) is 2.18. The molecule has 1 saturated heterocycles. The van der Waals surface area contributed by atoms with E-state index >= 15 is 0 Å². The number of hydrogen-bond donors (Lipinski definition) is 1. The maximum atomic E-state index is 12.8. The third-order valence-corrected chi connectivity index (χ3v) is 5.59. The quantitative estimate of drug-likeness (QED) is 0.532. The van der Waals surface area contributed by atoms with Crippen LogP contribution in [0.5, 0.6) is 0 Å². The van der Waals surface area contributed by atoms with E-state index in [1.54, 1.807) is 28.9 Å². The van der Waals surface area contributed by atoms with Crippen LogP contribution in [0.1, 0.15) is 21.5 Å². The lowest BCUT2D eigenvalue weighted by Crippen LogP contribution is -2.51. The number of nitro benzene ring substituents is 1. The number of nitro groups is 1. The van der Waals surface area contributed by atoms with Crippen molar-refractivity contribution in [3.05, 3.63) is 75.5 Å². The van der Waals surface area contributed by atoms with Gasteiger partial charge in [-0.15, -0.1) is 0 Å². The van der Waals surface area contributed by atoms with E-state index in [4.69, 9.17) is 0 Å². The van der Waals surface area contributed by atoms with Gasteiger partial charge in [0.25, 0.3) is 11.6 Å². The number of aryl methyl sites for hydroxylation is 1. The van der Waals surface area contributed by atoms with Gasteiger partial charge in [-0.05, 0) is 24.6 Å². The number of nitrogens with one attached hydrogen (secondary N) is 1. The molecule has 0 atom stereocenters. The molecule has 3 aromatic rings. The standard InChI is InChI=1S/C22H22N4O4/c1-15-6-7-16(12-20(15)26(29)30)22(28)25-10-8-24(9-11-25)21(27)13-17-14-23-19-5-3-2-4-18(17)19/h2-7,12,14,23H,8-11,13H2,1H3. The summed E-state index contributed by atoms with van der Waals surface area (Å²) in [5.74, 6) is -0.223. The van der Waals surface area contributed by atoms with Gasteiger partial charge in [-0.1, -0.05) is 24.3 Å². The van der Waals surface area contributed by atoms with Crippen molar-refractivity contribution in [2.75, 3.05) is 26.2 Å². The molecule has 0 radical (unpaired) electrons. The zero-order chi connectivity index (χ0) is 21.3. The largest absolute Gasteiger partial charge is 0.361 e. The van der Waals surface area contributed by atoms with Crippen molar-refractivity contribution in [3.8, 4) is 0 Å². The number of nitrogens with zero attached hydrogens (tertiary/aromatic N) is 3. The number of benzene rings is 2. The minimum absolute atomic E-state index is 0.0258. The molecule has 8 heteroatoms. The molecule has 1 aliphatic heterocycles. The minimum Gasteiger partial charge on any atom is -0.361 e. The number of amides is 2. The maximum absolute atomic E-state index is 12.8. The number of H-pyrrole nitrogens is 1. The van der Waals surface area contributed by atoms with Crippen LogP contribution in [-0.4, -0.2) is 57.7 Å². The summed E-state index contributed by atoms with van der Waals surface area (Å²) in [6, 6.07) is 12.4. The number of aromatic amines is 1. The number of para-hydroxylation sites is 1. The van der Waals surface area contributed by atoms with Crippen LogP contribution in [0.4, 0.5) is 5.69 Å². The van der Waals surface area contributed by atoms with Crippen LogP contribution in [0.3, 0.4) is 0 Å². The average molecular weight is 406 g/mol. The van der Waals surface area contributed by atoms with Gasteiger partial charge in [0.1, 0.15) is 0 Å². The Bertz CT molecular complexity index is 1130. The van der Waals surface area contributed by atoms with Crippen molar-refractivity contribution in [2.45, 2.75) is 13.3 Å². The zero-order valence-electron chi connectivity index (χ0n) is 16.6. The predicted molar refractivity (Wildman–Crippen MR) is 112 cm³/mol. The summed E-state index contributed by atoms with van der Waals surface area (Å²) in [4.78, 5) is 42.8. The molecule has 1 aromatic heterocycles. The Balaban J connectivity index is 1.39. The minimum atomic E-state index is -0.479. The summed E-state index contributed by atoms with van der Waals surface area (Å²) in [7, 11) is 0. The molecule has 4 rings (SSSR count). The van der Waals surface area contributed by atoms with Gasteiger partial charge in [0.05, 0.1) is 11.3 Å². The van der Waals surface area contributed by atoms with Crippen molar-refractivity contribution >= 4 is 28.4 Å². The molecule has 2 aromatic carbocycles. The highest BCUT2D eigenvalue weighted by atomic mass is 16.6. The first-order chi connectivity index (χ1) is 14.4. The lowest BCUT2D eigenvalue weighted by atomic mass is 10.1. The number of aromatic nitrogens is 1. The van der Waals surface area contributed by atoms with Gasteiger partial charge in [0.15, 0.2) is 0 Å². The van der Waals surface area contributed by atoms with Gasteiger partial charge in [-0.25, -0.2) is 0 Å². The van der Waals surface area contributed by atoms with E-state index in [9.17, 15) is 19.7 Å². The molecule has 1 aliphatic rings. The molecule has 2 heterocycles. The number of carbonyl (C=O) groups excluding carboxylic acids is 2. The van der Waals surface area contributed by atoms with Gasteiger partial charge < -0.3 is 14.8 Å². The molecule has 1 fully saturated rings. The Kier molecular flexibility index (Phi) is 5.22. The second-order valence-corrected chi connectivity index (χ2v) is 7.47. The van der Waals surface area contributed by atoms with Gasteiger partial charge in [-0.3, -0.25) is 19.7 Å². The molecular formula is C22H22N4O4. The van der Waals surface area contributed by atoms with E-state index in [0.717, 1.165) is 16.5 Å². The molecule has 30 heavy (non-hydrogen) atoms. The van der Waals surface area contributed by atoms with Crippen molar-refractivity contribution in [2.24, 2.45) is 0 Å². The molecular weight excluding hydrogens is 384 g/mol. The van der Waals surface area contributed by atoms with Crippen LogP contribution in [0, 0.1) is 17.0 Å². The van der Waals surface area contributed by atoms with E-state index in [1.165, 1.54) is 6.07 Å². The topological polar surface area (TPSA) is 99.6 Å². The summed E-state index contributed by atoms with van der Waals surface area (Å²) in [5.41, 5.74) is 2.72. The Hall–Kier alpha value is -3.68. The highest BCUT2D eigenvalue weighted by Crippen LogP contribution is 2.22. The first kappa shape index (κ1) is 19.6. The number of rotatable bonds is 4. The fourth-order valence-corrected chi connectivity index (χ4v) is 3.83. The number of piperazine rings is 1. The summed E-state index contributed by atoms with van der Waals surface area (Å²) < 4.78 is 0. The molecule has 0 saturated carbocycles. The highest BCUT2D eigenvalue weighted by Gasteiger charge is 2.26. The van der Waals surface area contributed by atoms with Crippen LogP contribution in [0.25, 0.3) is 10.9 Å². The fraction of sp³-hybridized carbons (Fsp3) is 0.273. The van der Waals surface area contributed by atoms with Crippen LogP contribution in [-0.2, 0) is 11.2 Å². The molecule has 1 N–H and O–H groups in total. The lowest BCUT2D eigenvalue weighted by molar-refractivity contribution is -0.385. The van der Waals surface area contributed by atoms with E-state index in [-0.39, 0.29) is 17.5 Å². The fourth-order valence-electron chi connectivity index (χ4n) is 3.83. The molecule has 0 spiro atoms. The van der Waals surface area contributed by atoms with Crippen molar-refractivity contribution in [1.82, 2.24) is 14.8 Å². The molecule has 0 aliphatic carbocycles. The first-order valence-corrected chi connectivity index (χ1v) is 9.81. The first-order valence-electron chi connectivity index (χ1n) is 9.81. The lowest BCUT2D eigenvalue weighted by Gasteiger charge is -2.35. The van der Waals surface area contributed by atoms with E-state index in [1.807, 2.05) is 30.5 Å². The summed E-state index contributed by atoms with van der Waals surface area (Å²) >= 11 is 0. The summed E-state index contributed by atoms with van der Waals surface area (Å²) in [5, 5.41) is 12.2. The van der Waals surface area contributed by atoms with Crippen LogP contribution < -0.4 is 0 Å². The van der Waals surface area contributed by atoms with Gasteiger partial charge in [0.2, 0.25) is 5.91 Å². The monoisotopic (exact) mass is 406 g/mol. The third kappa shape index (κ3) is 3.76. The Morgan fingerprint density at radius 2 is 1.77 bits per heavy atom. The van der Waals surface area contributed by atoms with Crippen LogP contribution in [0.2, 0.25) is 0 Å². The van der Waals surface area contributed by atoms with Crippen molar-refractivity contribution in [3.63, 3.8) is 0 Å². The smallest absolute Gasteiger partial charge is 0.273 e. The zero-order valence-corrected chi connectivity index (χ0v) is 16.6. The van der Waals surface area contributed by atoms with E-state index in [2.05, 4.69) is 4.98 Å². The Labute approximate surface area is 173 Å². The van der Waals surface area contributed by atoms with Gasteiger partial charge in [0, 0.05) is 60.5 Å². The summed E-state index contributed by atoms with van der Waals surface area (Å²) in [6.45, 7) is 3.34. The molecule has 154 valence electrons. The van der Waals surface area contributed by atoms with Crippen molar-refractivity contribution in [1.29, 1.82) is 0 Å².